The van der Waals surface area contributed by atoms with Crippen molar-refractivity contribution in [2.75, 3.05) is 12.0 Å². The van der Waals surface area contributed by atoms with Gasteiger partial charge in [0.05, 0.1) is 11.9 Å². The lowest BCUT2D eigenvalue weighted by Gasteiger charge is -2.29. The first-order valence-electron chi connectivity index (χ1n) is 7.84. The quantitative estimate of drug-likeness (QED) is 0.801. The van der Waals surface area contributed by atoms with Gasteiger partial charge in [-0.15, -0.1) is 0 Å². The molecule has 1 fully saturated rings. The van der Waals surface area contributed by atoms with E-state index in [2.05, 4.69) is 4.98 Å². The van der Waals surface area contributed by atoms with E-state index in [-0.39, 0.29) is 23.7 Å². The van der Waals surface area contributed by atoms with E-state index in [1.807, 2.05) is 0 Å². The summed E-state index contributed by atoms with van der Waals surface area (Å²) in [6, 6.07) is 6.89. The minimum absolute atomic E-state index is 0.0224. The van der Waals surface area contributed by atoms with Crippen molar-refractivity contribution in [3.05, 3.63) is 42.4 Å². The average molecular weight is 348 g/mol. The number of carbonyl (C=O) groups excluding carboxylic acids is 1. The summed E-state index contributed by atoms with van der Waals surface area (Å²) in [4.78, 5) is 18.4. The number of hydrogen-bond donors (Lipinski definition) is 0. The monoisotopic (exact) mass is 348 g/mol. The van der Waals surface area contributed by atoms with E-state index < -0.39 is 9.84 Å². The van der Waals surface area contributed by atoms with E-state index >= 15 is 0 Å². The SMILES string of the molecule is C[C@@H](CS(C)(=O)=O)N(C(=O)c1ccc(-c2cnco2)cc1)C1CC1. The van der Waals surface area contributed by atoms with Crippen LogP contribution >= 0.6 is 0 Å². The summed E-state index contributed by atoms with van der Waals surface area (Å²) < 4.78 is 28.4. The molecule has 1 heterocycles. The highest BCUT2D eigenvalue weighted by Crippen LogP contribution is 2.31. The first kappa shape index (κ1) is 16.7. The number of rotatable bonds is 6. The molecular weight excluding hydrogens is 328 g/mol. The Labute approximate surface area is 141 Å². The summed E-state index contributed by atoms with van der Waals surface area (Å²) in [5, 5.41) is 0. The van der Waals surface area contributed by atoms with E-state index in [1.54, 1.807) is 42.3 Å². The van der Waals surface area contributed by atoms with Crippen LogP contribution in [0.1, 0.15) is 30.1 Å². The number of amides is 1. The Balaban J connectivity index is 1.80. The highest BCUT2D eigenvalue weighted by molar-refractivity contribution is 7.90. The fourth-order valence-electron chi connectivity index (χ4n) is 2.88. The number of hydrogen-bond acceptors (Lipinski definition) is 5. The van der Waals surface area contributed by atoms with Crippen LogP contribution in [0.4, 0.5) is 0 Å². The normalized spacial score (nSPS) is 15.9. The highest BCUT2D eigenvalue weighted by Gasteiger charge is 2.37. The van der Waals surface area contributed by atoms with Gasteiger partial charge < -0.3 is 9.32 Å². The van der Waals surface area contributed by atoms with Crippen molar-refractivity contribution in [2.45, 2.75) is 31.8 Å². The molecule has 0 N–H and O–H groups in total. The van der Waals surface area contributed by atoms with Crippen LogP contribution in [0.2, 0.25) is 0 Å². The van der Waals surface area contributed by atoms with Gasteiger partial charge in [0.1, 0.15) is 9.84 Å². The summed E-state index contributed by atoms with van der Waals surface area (Å²) in [7, 11) is -3.14. The molecule has 0 radical (unpaired) electrons. The van der Waals surface area contributed by atoms with E-state index in [0.717, 1.165) is 18.4 Å². The molecule has 1 saturated carbocycles. The molecular formula is C17H20N2O4S. The molecule has 0 bridgehead atoms. The highest BCUT2D eigenvalue weighted by atomic mass is 32.2. The van der Waals surface area contributed by atoms with Gasteiger partial charge in [-0.1, -0.05) is 12.1 Å². The van der Waals surface area contributed by atoms with Gasteiger partial charge >= 0.3 is 0 Å². The molecule has 128 valence electrons. The van der Waals surface area contributed by atoms with Crippen molar-refractivity contribution in [3.63, 3.8) is 0 Å². The molecule has 0 unspecified atom stereocenters. The van der Waals surface area contributed by atoms with Crippen LogP contribution in [0, 0.1) is 0 Å². The number of oxazole rings is 1. The Morgan fingerprint density at radius 2 is 2.00 bits per heavy atom. The molecule has 7 heteroatoms. The molecule has 1 amide bonds. The van der Waals surface area contributed by atoms with Crippen molar-refractivity contribution >= 4 is 15.7 Å². The molecule has 1 aliphatic rings. The van der Waals surface area contributed by atoms with E-state index in [1.165, 1.54) is 12.6 Å². The molecule has 0 spiro atoms. The predicted molar refractivity (Wildman–Crippen MR) is 90.3 cm³/mol. The van der Waals surface area contributed by atoms with Crippen molar-refractivity contribution in [1.29, 1.82) is 0 Å². The van der Waals surface area contributed by atoms with Gasteiger partial charge in [0.25, 0.3) is 5.91 Å². The molecule has 1 aromatic heterocycles. The fourth-order valence-corrected chi connectivity index (χ4v) is 3.92. The number of benzene rings is 1. The lowest BCUT2D eigenvalue weighted by molar-refractivity contribution is 0.0693. The second-order valence-electron chi connectivity index (χ2n) is 6.33. The third-order valence-electron chi connectivity index (χ3n) is 4.04. The van der Waals surface area contributed by atoms with Crippen LogP contribution in [-0.4, -0.2) is 48.3 Å². The minimum Gasteiger partial charge on any atom is -0.444 e. The van der Waals surface area contributed by atoms with Gasteiger partial charge in [-0.3, -0.25) is 4.79 Å². The molecule has 2 aromatic rings. The maximum atomic E-state index is 12.8. The Bertz CT molecular complexity index is 809. The molecule has 24 heavy (non-hydrogen) atoms. The fraction of sp³-hybridized carbons (Fsp3) is 0.412. The summed E-state index contributed by atoms with van der Waals surface area (Å²) in [6.07, 6.45) is 6.02. The Morgan fingerprint density at radius 3 is 2.50 bits per heavy atom. The smallest absolute Gasteiger partial charge is 0.254 e. The third kappa shape index (κ3) is 3.84. The van der Waals surface area contributed by atoms with Crippen LogP contribution in [0.3, 0.4) is 0 Å². The number of sulfone groups is 1. The summed E-state index contributed by atoms with van der Waals surface area (Å²) in [5.74, 6) is 0.488. The lowest BCUT2D eigenvalue weighted by Crippen LogP contribution is -2.43. The van der Waals surface area contributed by atoms with E-state index in [0.29, 0.717) is 11.3 Å². The van der Waals surface area contributed by atoms with Gasteiger partial charge in [-0.05, 0) is 31.9 Å². The molecule has 3 rings (SSSR count). The van der Waals surface area contributed by atoms with E-state index in [9.17, 15) is 13.2 Å². The van der Waals surface area contributed by atoms with Crippen molar-refractivity contribution in [3.8, 4) is 11.3 Å². The van der Waals surface area contributed by atoms with Crippen LogP contribution < -0.4 is 0 Å². The van der Waals surface area contributed by atoms with E-state index in [4.69, 9.17) is 4.42 Å². The molecule has 1 atom stereocenters. The van der Waals surface area contributed by atoms with Crippen LogP contribution in [-0.2, 0) is 9.84 Å². The van der Waals surface area contributed by atoms with Crippen LogP contribution in [0.25, 0.3) is 11.3 Å². The first-order valence-corrected chi connectivity index (χ1v) is 9.90. The maximum Gasteiger partial charge on any atom is 0.254 e. The number of carbonyl (C=O) groups is 1. The Morgan fingerprint density at radius 1 is 1.33 bits per heavy atom. The number of nitrogens with zero attached hydrogens (tertiary/aromatic N) is 2. The zero-order valence-electron chi connectivity index (χ0n) is 13.7. The summed E-state index contributed by atoms with van der Waals surface area (Å²) >= 11 is 0. The minimum atomic E-state index is -3.14. The van der Waals surface area contributed by atoms with Gasteiger partial charge in [0.15, 0.2) is 12.2 Å². The maximum absolute atomic E-state index is 12.8. The zero-order valence-corrected chi connectivity index (χ0v) is 14.5. The van der Waals surface area contributed by atoms with Crippen molar-refractivity contribution < 1.29 is 17.6 Å². The second-order valence-corrected chi connectivity index (χ2v) is 8.51. The average Bonchev–Trinajstić information content (AvgIpc) is 3.18. The van der Waals surface area contributed by atoms with Gasteiger partial charge in [-0.2, -0.15) is 0 Å². The zero-order chi connectivity index (χ0) is 17.3. The molecule has 1 aliphatic carbocycles. The molecule has 0 aliphatic heterocycles. The van der Waals surface area contributed by atoms with Gasteiger partial charge in [0.2, 0.25) is 0 Å². The van der Waals surface area contributed by atoms with Crippen LogP contribution in [0.15, 0.2) is 41.3 Å². The molecule has 1 aromatic carbocycles. The van der Waals surface area contributed by atoms with Crippen molar-refractivity contribution in [2.24, 2.45) is 0 Å². The Kier molecular flexibility index (Phi) is 4.45. The Hall–Kier alpha value is -2.15. The number of aromatic nitrogens is 1. The standard InChI is InChI=1S/C17H20N2O4S/c1-12(10-24(2,21)22)19(15-7-8-15)17(20)14-5-3-13(4-6-14)16-9-18-11-23-16/h3-6,9,11-12,15H,7-8,10H2,1-2H3/t12-/m0/s1. The second kappa shape index (κ2) is 6.39. The summed E-state index contributed by atoms with van der Waals surface area (Å²) in [5.41, 5.74) is 1.39. The third-order valence-corrected chi connectivity index (χ3v) is 5.13. The van der Waals surface area contributed by atoms with Crippen LogP contribution in [0.5, 0.6) is 0 Å². The topological polar surface area (TPSA) is 80.5 Å². The predicted octanol–water partition coefficient (Wildman–Crippen LogP) is 2.38. The first-order chi connectivity index (χ1) is 11.3. The molecule has 0 saturated heterocycles. The van der Waals surface area contributed by atoms with Gasteiger partial charge in [-0.25, -0.2) is 13.4 Å². The largest absolute Gasteiger partial charge is 0.444 e. The lowest BCUT2D eigenvalue weighted by atomic mass is 10.1. The molecule has 6 nitrogen and oxygen atoms in total. The summed E-state index contributed by atoms with van der Waals surface area (Å²) in [6.45, 7) is 1.79. The van der Waals surface area contributed by atoms with Gasteiger partial charge in [0, 0.05) is 29.5 Å². The van der Waals surface area contributed by atoms with Crippen molar-refractivity contribution in [1.82, 2.24) is 9.88 Å².